The predicted molar refractivity (Wildman–Crippen MR) is 127 cm³/mol. The van der Waals surface area contributed by atoms with Crippen molar-refractivity contribution in [2.24, 2.45) is 0 Å². The number of rotatable bonds is 4. The minimum Gasteiger partial charge on any atom is -0.425 e. The first-order chi connectivity index (χ1) is 17.0. The van der Waals surface area contributed by atoms with Crippen LogP contribution in [0.5, 0.6) is 5.95 Å². The fraction of sp³-hybridized carbons (Fsp3) is 0.192. The Morgan fingerprint density at radius 3 is 2.49 bits per heavy atom. The second-order valence-corrected chi connectivity index (χ2v) is 7.99. The maximum Gasteiger partial charge on any atom is 0.414 e. The summed E-state index contributed by atoms with van der Waals surface area (Å²) in [5.41, 5.74) is 3.79. The Hall–Kier alpha value is -4.24. The lowest BCUT2D eigenvalue weighted by Gasteiger charge is -2.26. The molecule has 5 rings (SSSR count). The summed E-state index contributed by atoms with van der Waals surface area (Å²) in [5.74, 6) is -0.411. The lowest BCUT2D eigenvalue weighted by atomic mass is 9.98. The highest BCUT2D eigenvalue weighted by atomic mass is 19.1. The quantitative estimate of drug-likeness (QED) is 0.467. The van der Waals surface area contributed by atoms with Crippen molar-refractivity contribution in [3.05, 3.63) is 72.2 Å². The number of amides is 2. The molecule has 2 aromatic heterocycles. The first kappa shape index (κ1) is 22.5. The molecule has 1 aliphatic rings. The summed E-state index contributed by atoms with van der Waals surface area (Å²) in [6, 6.07) is 14.9. The first-order valence-electron chi connectivity index (χ1n) is 11.1. The number of carbonyl (C=O) groups excluding carboxylic acids is 2. The summed E-state index contributed by atoms with van der Waals surface area (Å²) in [6.45, 7) is 2.16. The smallest absolute Gasteiger partial charge is 0.414 e. The lowest BCUT2D eigenvalue weighted by Crippen LogP contribution is -2.40. The first-order valence-corrected chi connectivity index (χ1v) is 11.1. The van der Waals surface area contributed by atoms with E-state index in [1.165, 1.54) is 19.2 Å². The molecular formula is C26H22FN3O5. The number of aromatic nitrogens is 1. The highest BCUT2D eigenvalue weighted by Crippen LogP contribution is 2.37. The molecule has 2 amide bonds. The van der Waals surface area contributed by atoms with E-state index in [0.717, 1.165) is 11.1 Å². The summed E-state index contributed by atoms with van der Waals surface area (Å²) in [5, 5.41) is 3.05. The third-order valence-electron chi connectivity index (χ3n) is 5.75. The van der Waals surface area contributed by atoms with E-state index in [1.807, 2.05) is 12.1 Å². The summed E-state index contributed by atoms with van der Waals surface area (Å²) in [4.78, 5) is 30.7. The van der Waals surface area contributed by atoms with Crippen LogP contribution in [0.15, 0.2) is 65.2 Å². The Morgan fingerprint density at radius 2 is 1.80 bits per heavy atom. The standard InChI is InChI=1S/C26H22FN3O5/c1-28-26(32)35-23-14-19-12-18(13-21(24(19)34-23)16-2-5-20(27)6-3-16)22-7-4-17(15-29-22)25(31)30-8-10-33-11-9-30/h2-7,12-15H,8-11H2,1H3,(H,28,32). The fourth-order valence-electron chi connectivity index (χ4n) is 3.95. The van der Waals surface area contributed by atoms with E-state index in [1.54, 1.807) is 41.4 Å². The SMILES string of the molecule is CNC(=O)Oc1cc2cc(-c3ccc(C(=O)N4CCOCC4)cn3)cc(-c3ccc(F)cc3)c2o1. The van der Waals surface area contributed by atoms with E-state index in [2.05, 4.69) is 10.3 Å². The number of hydrogen-bond acceptors (Lipinski definition) is 6. The number of benzene rings is 2. The maximum absolute atomic E-state index is 13.5. The number of ether oxygens (including phenoxy) is 2. The molecule has 1 saturated heterocycles. The van der Waals surface area contributed by atoms with Crippen molar-refractivity contribution in [3.63, 3.8) is 0 Å². The van der Waals surface area contributed by atoms with Gasteiger partial charge in [0, 0.05) is 48.9 Å². The highest BCUT2D eigenvalue weighted by molar-refractivity contribution is 5.98. The number of pyridine rings is 1. The van der Waals surface area contributed by atoms with Crippen LogP contribution in [0.1, 0.15) is 10.4 Å². The van der Waals surface area contributed by atoms with Gasteiger partial charge in [-0.15, -0.1) is 0 Å². The molecule has 9 heteroatoms. The molecular weight excluding hydrogens is 453 g/mol. The molecule has 0 bridgehead atoms. The van der Waals surface area contributed by atoms with E-state index in [-0.39, 0.29) is 17.7 Å². The average Bonchev–Trinajstić information content (AvgIpc) is 3.31. The van der Waals surface area contributed by atoms with Crippen LogP contribution >= 0.6 is 0 Å². The Morgan fingerprint density at radius 1 is 1.03 bits per heavy atom. The monoisotopic (exact) mass is 475 g/mol. The Balaban J connectivity index is 1.53. The van der Waals surface area contributed by atoms with Gasteiger partial charge in [-0.3, -0.25) is 9.78 Å². The van der Waals surface area contributed by atoms with Gasteiger partial charge in [-0.25, -0.2) is 9.18 Å². The summed E-state index contributed by atoms with van der Waals surface area (Å²) >= 11 is 0. The number of nitrogens with one attached hydrogen (secondary N) is 1. The molecule has 1 fully saturated rings. The summed E-state index contributed by atoms with van der Waals surface area (Å²) in [6.07, 6.45) is 0.902. The van der Waals surface area contributed by atoms with Crippen LogP contribution in [0.25, 0.3) is 33.4 Å². The minimum atomic E-state index is -0.658. The molecule has 178 valence electrons. The van der Waals surface area contributed by atoms with E-state index >= 15 is 0 Å². The van der Waals surface area contributed by atoms with Crippen molar-refractivity contribution in [2.45, 2.75) is 0 Å². The van der Waals surface area contributed by atoms with Gasteiger partial charge in [0.25, 0.3) is 11.9 Å². The molecule has 0 spiro atoms. The van der Waals surface area contributed by atoms with E-state index in [0.29, 0.717) is 54.1 Å². The summed E-state index contributed by atoms with van der Waals surface area (Å²) in [7, 11) is 1.45. The van der Waals surface area contributed by atoms with Crippen molar-refractivity contribution < 1.29 is 27.9 Å². The number of fused-ring (bicyclic) bond motifs is 1. The molecule has 3 heterocycles. The van der Waals surface area contributed by atoms with Crippen LogP contribution in [0.4, 0.5) is 9.18 Å². The molecule has 1 aliphatic heterocycles. The molecule has 8 nitrogen and oxygen atoms in total. The second kappa shape index (κ2) is 9.55. The topological polar surface area (TPSA) is 93.9 Å². The number of morpholine rings is 1. The Kier molecular flexibility index (Phi) is 6.15. The number of hydrogen-bond donors (Lipinski definition) is 1. The number of carbonyl (C=O) groups is 2. The van der Waals surface area contributed by atoms with Gasteiger partial charge in [-0.2, -0.15) is 0 Å². The van der Waals surface area contributed by atoms with Crippen LogP contribution in [0.2, 0.25) is 0 Å². The average molecular weight is 475 g/mol. The summed E-state index contributed by atoms with van der Waals surface area (Å²) < 4.78 is 29.8. The lowest BCUT2D eigenvalue weighted by molar-refractivity contribution is 0.0302. The largest absolute Gasteiger partial charge is 0.425 e. The minimum absolute atomic E-state index is 0.0271. The highest BCUT2D eigenvalue weighted by Gasteiger charge is 2.20. The van der Waals surface area contributed by atoms with Gasteiger partial charge in [0.05, 0.1) is 24.5 Å². The third-order valence-corrected chi connectivity index (χ3v) is 5.75. The van der Waals surface area contributed by atoms with Crippen molar-refractivity contribution in [2.75, 3.05) is 33.4 Å². The molecule has 0 radical (unpaired) electrons. The van der Waals surface area contributed by atoms with Crippen molar-refractivity contribution in [1.29, 1.82) is 0 Å². The number of furan rings is 1. The number of halogens is 1. The molecule has 0 unspecified atom stereocenters. The Labute approximate surface area is 200 Å². The fourth-order valence-corrected chi connectivity index (χ4v) is 3.95. The Bertz CT molecular complexity index is 1380. The normalized spacial score (nSPS) is 13.6. The molecule has 2 aromatic carbocycles. The van der Waals surface area contributed by atoms with Crippen molar-refractivity contribution in [3.8, 4) is 28.3 Å². The molecule has 0 saturated carbocycles. The van der Waals surface area contributed by atoms with E-state index in [9.17, 15) is 14.0 Å². The second-order valence-electron chi connectivity index (χ2n) is 7.99. The van der Waals surface area contributed by atoms with Crippen LogP contribution in [0, 0.1) is 5.82 Å². The van der Waals surface area contributed by atoms with Crippen LogP contribution in [0.3, 0.4) is 0 Å². The van der Waals surface area contributed by atoms with Gasteiger partial charge in [0.15, 0.2) is 0 Å². The third kappa shape index (κ3) is 4.71. The van der Waals surface area contributed by atoms with Crippen LogP contribution in [-0.2, 0) is 4.74 Å². The van der Waals surface area contributed by atoms with E-state index in [4.69, 9.17) is 13.9 Å². The molecule has 0 aliphatic carbocycles. The predicted octanol–water partition coefficient (Wildman–Crippen LogP) is 4.49. The van der Waals surface area contributed by atoms with Gasteiger partial charge >= 0.3 is 6.09 Å². The van der Waals surface area contributed by atoms with Crippen molar-refractivity contribution >= 4 is 23.0 Å². The molecule has 35 heavy (non-hydrogen) atoms. The van der Waals surface area contributed by atoms with Gasteiger partial charge in [0.1, 0.15) is 11.4 Å². The zero-order valence-electron chi connectivity index (χ0n) is 18.9. The van der Waals surface area contributed by atoms with Crippen molar-refractivity contribution in [1.82, 2.24) is 15.2 Å². The van der Waals surface area contributed by atoms with Gasteiger partial charge in [0.2, 0.25) is 0 Å². The van der Waals surface area contributed by atoms with Gasteiger partial charge in [-0.1, -0.05) is 12.1 Å². The molecule has 4 aromatic rings. The van der Waals surface area contributed by atoms with Gasteiger partial charge < -0.3 is 24.1 Å². The van der Waals surface area contributed by atoms with Crippen LogP contribution in [-0.4, -0.2) is 55.2 Å². The molecule has 1 N–H and O–H groups in total. The zero-order valence-corrected chi connectivity index (χ0v) is 18.9. The number of nitrogens with zero attached hydrogens (tertiary/aromatic N) is 2. The van der Waals surface area contributed by atoms with Crippen LogP contribution < -0.4 is 10.1 Å². The molecule has 0 atom stereocenters. The van der Waals surface area contributed by atoms with Gasteiger partial charge in [-0.05, 0) is 42.0 Å². The maximum atomic E-state index is 13.5. The van der Waals surface area contributed by atoms with E-state index < -0.39 is 6.09 Å². The zero-order chi connectivity index (χ0) is 24.4.